The number of methoxy groups -OCH3 is 2. The third kappa shape index (κ3) is 3.99. The van der Waals surface area contributed by atoms with Crippen molar-refractivity contribution in [2.75, 3.05) is 40.5 Å². The third-order valence-corrected chi connectivity index (χ3v) is 11.4. The number of nitrogens with zero attached hydrogens (tertiary/aromatic N) is 2. The fraction of sp³-hybridized carbons (Fsp3) is 0.618. The summed E-state index contributed by atoms with van der Waals surface area (Å²) in [6.07, 6.45) is 18.5. The maximum absolute atomic E-state index is 7.57. The Balaban J connectivity index is 1.18. The number of hydrogen-bond acceptors (Lipinski definition) is 5. The van der Waals surface area contributed by atoms with Crippen molar-refractivity contribution < 1.29 is 14.2 Å². The van der Waals surface area contributed by atoms with Gasteiger partial charge in [0, 0.05) is 51.1 Å². The first kappa shape index (κ1) is 25.9. The van der Waals surface area contributed by atoms with Crippen LogP contribution in [0.2, 0.25) is 0 Å². The van der Waals surface area contributed by atoms with E-state index in [0.717, 1.165) is 58.4 Å². The van der Waals surface area contributed by atoms with Crippen molar-refractivity contribution in [2.45, 2.75) is 81.5 Å². The van der Waals surface area contributed by atoms with Crippen LogP contribution in [0.25, 0.3) is 10.8 Å². The number of benzene rings is 1. The fourth-order valence-electron chi connectivity index (χ4n) is 9.46. The predicted octanol–water partition coefficient (Wildman–Crippen LogP) is 6.44. The Morgan fingerprint density at radius 2 is 1.87 bits per heavy atom. The van der Waals surface area contributed by atoms with Crippen LogP contribution in [0.1, 0.15) is 69.8 Å². The van der Waals surface area contributed by atoms with Crippen LogP contribution in [0.3, 0.4) is 0 Å². The molecule has 2 aliphatic heterocycles. The van der Waals surface area contributed by atoms with Gasteiger partial charge in [0.15, 0.2) is 0 Å². The molecule has 5 heteroatoms. The second-order valence-electron chi connectivity index (χ2n) is 13.1. The third-order valence-electron chi connectivity index (χ3n) is 11.4. The van der Waals surface area contributed by atoms with Gasteiger partial charge >= 0.3 is 0 Å². The summed E-state index contributed by atoms with van der Waals surface area (Å²) in [7, 11) is 3.61. The Kier molecular flexibility index (Phi) is 6.50. The topological polar surface area (TPSA) is 43.8 Å². The number of ether oxygens (including phenoxy) is 3. The van der Waals surface area contributed by atoms with E-state index in [0.29, 0.717) is 17.9 Å². The molecule has 1 aromatic carbocycles. The first-order valence-electron chi connectivity index (χ1n) is 15.2. The Morgan fingerprint density at radius 1 is 1.03 bits per heavy atom. The Hall–Kier alpha value is -2.05. The number of fused-ring (bicyclic) bond motifs is 2. The smallest absolute Gasteiger partial charge is 0.0974 e. The molecule has 2 unspecified atom stereocenters. The van der Waals surface area contributed by atoms with Crippen LogP contribution in [0.4, 0.5) is 0 Å². The van der Waals surface area contributed by atoms with Crippen molar-refractivity contribution in [1.29, 1.82) is 0 Å². The minimum Gasteiger partial charge on any atom is -0.383 e. The molecule has 3 fully saturated rings. The van der Waals surface area contributed by atoms with E-state index in [2.05, 4.69) is 53.2 Å². The molecule has 2 aromatic rings. The van der Waals surface area contributed by atoms with Crippen molar-refractivity contribution in [3.8, 4) is 0 Å². The molecule has 0 amide bonds. The molecular formula is C34H44N2O3. The minimum atomic E-state index is -0.116. The number of pyridine rings is 1. The van der Waals surface area contributed by atoms with E-state index in [1.165, 1.54) is 41.2 Å². The van der Waals surface area contributed by atoms with Crippen molar-refractivity contribution >= 4 is 10.8 Å². The van der Waals surface area contributed by atoms with Crippen molar-refractivity contribution in [2.24, 2.45) is 11.3 Å². The van der Waals surface area contributed by atoms with Gasteiger partial charge in [-0.05, 0) is 103 Å². The average Bonchev–Trinajstić information content (AvgIpc) is 3.47. The molecular weight excluding hydrogens is 484 g/mol. The lowest BCUT2D eigenvalue weighted by atomic mass is 9.58. The van der Waals surface area contributed by atoms with Gasteiger partial charge in [0.05, 0.1) is 24.4 Å². The lowest BCUT2D eigenvalue weighted by Gasteiger charge is -2.55. The van der Waals surface area contributed by atoms with Crippen LogP contribution in [-0.4, -0.2) is 67.7 Å². The minimum absolute atomic E-state index is 0.0936. The van der Waals surface area contributed by atoms with E-state index in [1.807, 2.05) is 12.4 Å². The molecule has 0 radical (unpaired) electrons. The first-order chi connectivity index (χ1) is 19.0. The van der Waals surface area contributed by atoms with Crippen LogP contribution in [0.5, 0.6) is 0 Å². The zero-order valence-corrected chi connectivity index (χ0v) is 24.0. The highest BCUT2D eigenvalue weighted by atomic mass is 16.5. The molecule has 5 aliphatic rings. The summed E-state index contributed by atoms with van der Waals surface area (Å²) in [6, 6.07) is 9.73. The van der Waals surface area contributed by atoms with Gasteiger partial charge in [-0.25, -0.2) is 0 Å². The predicted molar refractivity (Wildman–Crippen MR) is 155 cm³/mol. The average molecular weight is 529 g/mol. The van der Waals surface area contributed by atoms with Crippen LogP contribution < -0.4 is 0 Å². The molecule has 3 aliphatic carbocycles. The van der Waals surface area contributed by atoms with Crippen molar-refractivity contribution in [3.63, 3.8) is 0 Å². The van der Waals surface area contributed by atoms with E-state index in [1.54, 1.807) is 19.8 Å². The molecule has 2 spiro atoms. The highest BCUT2D eigenvalue weighted by Gasteiger charge is 2.66. The van der Waals surface area contributed by atoms with Gasteiger partial charge in [0.2, 0.25) is 0 Å². The molecule has 1 aromatic heterocycles. The molecule has 0 N–H and O–H groups in total. The van der Waals surface area contributed by atoms with E-state index in [-0.39, 0.29) is 16.6 Å². The zero-order valence-electron chi connectivity index (χ0n) is 24.0. The lowest BCUT2D eigenvalue weighted by Crippen LogP contribution is -2.55. The number of hydrogen-bond donors (Lipinski definition) is 0. The Morgan fingerprint density at radius 3 is 2.69 bits per heavy atom. The highest BCUT2D eigenvalue weighted by molar-refractivity contribution is 5.82. The molecule has 208 valence electrons. The molecule has 39 heavy (non-hydrogen) atoms. The van der Waals surface area contributed by atoms with Gasteiger partial charge in [-0.1, -0.05) is 31.2 Å². The van der Waals surface area contributed by atoms with Gasteiger partial charge in [-0.3, -0.25) is 9.88 Å². The highest BCUT2D eigenvalue weighted by Crippen LogP contribution is 2.69. The molecule has 2 saturated carbocycles. The van der Waals surface area contributed by atoms with Crippen LogP contribution in [-0.2, 0) is 14.2 Å². The van der Waals surface area contributed by atoms with Gasteiger partial charge in [0.1, 0.15) is 0 Å². The summed E-state index contributed by atoms with van der Waals surface area (Å²) >= 11 is 0. The maximum Gasteiger partial charge on any atom is 0.0974 e. The molecule has 5 nitrogen and oxygen atoms in total. The van der Waals surface area contributed by atoms with E-state index in [4.69, 9.17) is 14.2 Å². The molecule has 3 heterocycles. The van der Waals surface area contributed by atoms with Gasteiger partial charge in [-0.2, -0.15) is 0 Å². The molecule has 7 rings (SSSR count). The quantitative estimate of drug-likeness (QED) is 0.395. The second-order valence-corrected chi connectivity index (χ2v) is 13.1. The van der Waals surface area contributed by atoms with Gasteiger partial charge < -0.3 is 14.2 Å². The largest absolute Gasteiger partial charge is 0.383 e. The Labute approximate surface area is 233 Å². The summed E-state index contributed by atoms with van der Waals surface area (Å²) in [6.45, 7) is 6.01. The van der Waals surface area contributed by atoms with Crippen molar-refractivity contribution in [3.05, 3.63) is 65.5 Å². The fourth-order valence-corrected chi connectivity index (χ4v) is 9.46. The monoisotopic (exact) mass is 528 g/mol. The summed E-state index contributed by atoms with van der Waals surface area (Å²) in [4.78, 5) is 7.00. The number of allylic oxidation sites excluding steroid dienone is 1. The van der Waals surface area contributed by atoms with Crippen LogP contribution in [0, 0.1) is 11.3 Å². The summed E-state index contributed by atoms with van der Waals surface area (Å²) in [5.41, 5.74) is 4.56. The summed E-state index contributed by atoms with van der Waals surface area (Å²) in [5, 5.41) is 2.54. The molecule has 1 saturated heterocycles. The summed E-state index contributed by atoms with van der Waals surface area (Å²) in [5.74, 6) is 1.12. The lowest BCUT2D eigenvalue weighted by molar-refractivity contribution is -0.141. The number of aromatic nitrogens is 1. The van der Waals surface area contributed by atoms with Crippen molar-refractivity contribution in [1.82, 2.24) is 9.88 Å². The van der Waals surface area contributed by atoms with E-state index < -0.39 is 0 Å². The first-order valence-corrected chi connectivity index (χ1v) is 15.2. The van der Waals surface area contributed by atoms with Crippen LogP contribution >= 0.6 is 0 Å². The second kappa shape index (κ2) is 9.80. The van der Waals surface area contributed by atoms with Gasteiger partial charge in [-0.15, -0.1) is 0 Å². The Bertz CT molecular complexity index is 1300. The van der Waals surface area contributed by atoms with E-state index in [9.17, 15) is 0 Å². The zero-order chi connectivity index (χ0) is 26.7. The number of rotatable bonds is 8. The maximum atomic E-state index is 7.57. The normalized spacial score (nSPS) is 36.9. The SMILES string of the molecule is COCCN(CCOC)C1CCC2=CC3=CC[C@]4(C)C(c5ccc6ccncc6c5)CC[C@H]4[C@@]34CC[C@]2(C1)O4. The summed E-state index contributed by atoms with van der Waals surface area (Å²) < 4.78 is 18.5. The van der Waals surface area contributed by atoms with E-state index >= 15 is 0 Å². The standard InChI is InChI=1S/C34H44N2O3/c1-32-12-10-28-21-27-6-7-29(36(16-18-37-2)17-19-38-3)22-33(27)13-14-34(28,39-33)31(32)9-8-30(32)25-5-4-24-11-15-35-23-26(24)20-25/h4-5,10-11,15,20-21,23,29-31H,6-9,12-14,16-19,22H2,1-3H3/t29?,30?,31-,32-,33-,34-/m1/s1. The van der Waals surface area contributed by atoms with Crippen LogP contribution in [0.15, 0.2) is 60.0 Å². The molecule has 2 bridgehead atoms. The van der Waals surface area contributed by atoms with Gasteiger partial charge in [0.25, 0.3) is 0 Å². The molecule has 6 atom stereocenters.